The summed E-state index contributed by atoms with van der Waals surface area (Å²) >= 11 is 0.579. The van der Waals surface area contributed by atoms with Gasteiger partial charge in [0, 0.05) is 5.69 Å². The third kappa shape index (κ3) is 3.13. The largest absolute Gasteiger partial charge is 0.416 e. The van der Waals surface area contributed by atoms with Gasteiger partial charge in [-0.3, -0.25) is 4.79 Å². The molecule has 1 amide bonds. The summed E-state index contributed by atoms with van der Waals surface area (Å²) in [6.45, 7) is 1.42. The van der Waals surface area contributed by atoms with Crippen molar-refractivity contribution in [3.8, 4) is 0 Å². The second kappa shape index (κ2) is 5.20. The maximum Gasteiger partial charge on any atom is 0.416 e. The van der Waals surface area contributed by atoms with E-state index in [2.05, 4.69) is 10.3 Å². The molecule has 0 aliphatic carbocycles. The van der Waals surface area contributed by atoms with Crippen LogP contribution in [0.3, 0.4) is 0 Å². The minimum absolute atomic E-state index is 0.0834. The van der Waals surface area contributed by atoms with Gasteiger partial charge >= 0.3 is 6.18 Å². The van der Waals surface area contributed by atoms with Crippen LogP contribution >= 0.6 is 11.3 Å². The lowest BCUT2D eigenvalue weighted by atomic mass is 10.2. The fourth-order valence-corrected chi connectivity index (χ4v) is 2.09. The van der Waals surface area contributed by atoms with Crippen molar-refractivity contribution in [2.45, 2.75) is 13.1 Å². The van der Waals surface area contributed by atoms with Gasteiger partial charge in [0.2, 0.25) is 0 Å². The van der Waals surface area contributed by atoms with Crippen LogP contribution in [0.4, 0.5) is 23.2 Å². The fourth-order valence-electron chi connectivity index (χ4n) is 1.40. The molecule has 0 unspecified atom stereocenters. The molecule has 1 aromatic carbocycles. The molecule has 0 fully saturated rings. The Hall–Kier alpha value is -1.96. The number of carbonyl (C=O) groups is 1. The number of benzene rings is 1. The Bertz CT molecular complexity index is 614. The summed E-state index contributed by atoms with van der Waals surface area (Å²) in [6, 6.07) is 3.95. The Labute approximate surface area is 115 Å². The number of hydrogen-bond acceptors (Lipinski definition) is 3. The summed E-state index contributed by atoms with van der Waals surface area (Å²) in [5.74, 6) is -0.665. The number of hydrogen-bond donors (Lipinski definition) is 1. The summed E-state index contributed by atoms with van der Waals surface area (Å²) in [4.78, 5) is 15.4. The van der Waals surface area contributed by atoms with E-state index in [4.69, 9.17) is 0 Å². The minimum Gasteiger partial charge on any atom is -0.320 e. The maximum atomic E-state index is 13.1. The Morgan fingerprint density at radius 3 is 2.30 bits per heavy atom. The highest BCUT2D eigenvalue weighted by molar-refractivity contribution is 7.12. The molecule has 0 radical (unpaired) electrons. The van der Waals surface area contributed by atoms with Crippen molar-refractivity contribution in [1.29, 1.82) is 0 Å². The molecule has 2 rings (SSSR count). The van der Waals surface area contributed by atoms with Crippen LogP contribution < -0.4 is 5.32 Å². The van der Waals surface area contributed by atoms with Crippen molar-refractivity contribution in [3.05, 3.63) is 45.7 Å². The molecule has 1 heterocycles. The topological polar surface area (TPSA) is 42.0 Å². The summed E-state index contributed by atoms with van der Waals surface area (Å²) in [6.07, 6.45) is -4.43. The van der Waals surface area contributed by atoms with Crippen LogP contribution in [0, 0.1) is 12.1 Å². The van der Waals surface area contributed by atoms with Crippen molar-refractivity contribution in [1.82, 2.24) is 4.98 Å². The average molecular weight is 304 g/mol. The third-order valence-corrected chi connectivity index (χ3v) is 3.35. The van der Waals surface area contributed by atoms with Crippen molar-refractivity contribution < 1.29 is 22.4 Å². The van der Waals surface area contributed by atoms with Gasteiger partial charge in [0.1, 0.15) is 0 Å². The molecule has 0 saturated heterocycles. The monoisotopic (exact) mass is 304 g/mol. The molecule has 106 valence electrons. The zero-order chi connectivity index (χ0) is 14.9. The molecule has 0 bridgehead atoms. The normalized spacial score (nSPS) is 11.4. The highest BCUT2D eigenvalue weighted by Crippen LogP contribution is 2.30. The summed E-state index contributed by atoms with van der Waals surface area (Å²) in [7, 11) is 0. The van der Waals surface area contributed by atoms with E-state index in [1.165, 1.54) is 6.92 Å². The molecule has 3 nitrogen and oxygen atoms in total. The second-order valence-corrected chi connectivity index (χ2v) is 4.86. The Kier molecular flexibility index (Phi) is 3.76. The van der Waals surface area contributed by atoms with Crippen molar-refractivity contribution in [3.63, 3.8) is 0 Å². The van der Waals surface area contributed by atoms with E-state index in [1.807, 2.05) is 0 Å². The number of amides is 1. The third-order valence-electron chi connectivity index (χ3n) is 2.40. The molecule has 0 saturated carbocycles. The van der Waals surface area contributed by atoms with Crippen LogP contribution in [0.15, 0.2) is 24.3 Å². The molecule has 8 heteroatoms. The van der Waals surface area contributed by atoms with Crippen molar-refractivity contribution in [2.75, 3.05) is 5.32 Å². The van der Waals surface area contributed by atoms with Crippen LogP contribution in [-0.4, -0.2) is 10.9 Å². The van der Waals surface area contributed by atoms with Crippen LogP contribution in [0.2, 0.25) is 0 Å². The maximum absolute atomic E-state index is 13.1. The lowest BCUT2D eigenvalue weighted by molar-refractivity contribution is -0.137. The van der Waals surface area contributed by atoms with Crippen molar-refractivity contribution >= 4 is 22.9 Å². The molecule has 1 N–H and O–H groups in total. The first kappa shape index (κ1) is 14.4. The van der Waals surface area contributed by atoms with Gasteiger partial charge in [0.15, 0.2) is 10.1 Å². The van der Waals surface area contributed by atoms with Crippen LogP contribution in [0.5, 0.6) is 0 Å². The number of aromatic nitrogens is 1. The first-order valence-corrected chi connectivity index (χ1v) is 6.20. The number of nitrogens with one attached hydrogen (secondary N) is 1. The van der Waals surface area contributed by atoms with E-state index < -0.39 is 22.8 Å². The SMILES string of the molecule is Cc1nc(C(=O)Nc2ccc(C(F)(F)F)cc2)sc1F. The number of aryl methyl sites for hydroxylation is 1. The van der Waals surface area contributed by atoms with E-state index in [0.717, 1.165) is 24.3 Å². The standard InChI is InChI=1S/C12H8F4N2OS/c1-6-9(13)20-11(17-6)10(19)18-8-4-2-7(3-5-8)12(14,15)16/h2-5H,1H3,(H,18,19). The highest BCUT2D eigenvalue weighted by Gasteiger charge is 2.30. The van der Waals surface area contributed by atoms with Crippen LogP contribution in [-0.2, 0) is 6.18 Å². The fraction of sp³-hybridized carbons (Fsp3) is 0.167. The van der Waals surface area contributed by atoms with Gasteiger partial charge < -0.3 is 5.32 Å². The van der Waals surface area contributed by atoms with E-state index in [0.29, 0.717) is 11.3 Å². The Balaban J connectivity index is 2.12. The van der Waals surface area contributed by atoms with Gasteiger partial charge in [0.05, 0.1) is 11.3 Å². The predicted molar refractivity (Wildman–Crippen MR) is 66.2 cm³/mol. The molecule has 0 aliphatic heterocycles. The Morgan fingerprint density at radius 2 is 1.85 bits per heavy atom. The van der Waals surface area contributed by atoms with E-state index in [9.17, 15) is 22.4 Å². The predicted octanol–water partition coefficient (Wildman–Crippen LogP) is 3.86. The van der Waals surface area contributed by atoms with E-state index in [-0.39, 0.29) is 16.4 Å². The first-order valence-electron chi connectivity index (χ1n) is 5.39. The number of anilines is 1. The summed E-state index contributed by atoms with van der Waals surface area (Å²) < 4.78 is 50.1. The molecule has 0 atom stereocenters. The van der Waals surface area contributed by atoms with Gasteiger partial charge in [-0.05, 0) is 31.2 Å². The second-order valence-electron chi connectivity index (χ2n) is 3.91. The molecular formula is C12H8F4N2OS. The number of carbonyl (C=O) groups excluding carboxylic acids is 1. The molecule has 1 aromatic heterocycles. The number of rotatable bonds is 2. The van der Waals surface area contributed by atoms with Crippen LogP contribution in [0.1, 0.15) is 21.1 Å². The summed E-state index contributed by atoms with van der Waals surface area (Å²) in [5.41, 5.74) is -0.532. The first-order chi connectivity index (χ1) is 9.27. The van der Waals surface area contributed by atoms with Gasteiger partial charge in [-0.2, -0.15) is 17.6 Å². The van der Waals surface area contributed by atoms with Crippen LogP contribution in [0.25, 0.3) is 0 Å². The van der Waals surface area contributed by atoms with E-state index >= 15 is 0 Å². The number of nitrogens with zero attached hydrogens (tertiary/aromatic N) is 1. The zero-order valence-corrected chi connectivity index (χ0v) is 10.9. The van der Waals surface area contributed by atoms with Gasteiger partial charge in [-0.25, -0.2) is 4.98 Å². The quantitative estimate of drug-likeness (QED) is 0.856. The van der Waals surface area contributed by atoms with Gasteiger partial charge in [-0.1, -0.05) is 11.3 Å². The number of thiazole rings is 1. The molecule has 2 aromatic rings. The van der Waals surface area contributed by atoms with Gasteiger partial charge in [0.25, 0.3) is 5.91 Å². The molecular weight excluding hydrogens is 296 g/mol. The van der Waals surface area contributed by atoms with Crippen molar-refractivity contribution in [2.24, 2.45) is 0 Å². The lowest BCUT2D eigenvalue weighted by Crippen LogP contribution is -2.12. The molecule has 0 aliphatic rings. The molecule has 20 heavy (non-hydrogen) atoms. The lowest BCUT2D eigenvalue weighted by Gasteiger charge is -2.07. The van der Waals surface area contributed by atoms with Gasteiger partial charge in [-0.15, -0.1) is 0 Å². The minimum atomic E-state index is -4.43. The van der Waals surface area contributed by atoms with E-state index in [1.54, 1.807) is 0 Å². The number of halogens is 4. The number of alkyl halides is 3. The smallest absolute Gasteiger partial charge is 0.320 e. The zero-order valence-electron chi connectivity index (χ0n) is 10.1. The average Bonchev–Trinajstić information content (AvgIpc) is 2.69. The molecule has 0 spiro atoms. The highest BCUT2D eigenvalue weighted by atomic mass is 32.1. The summed E-state index contributed by atoms with van der Waals surface area (Å²) in [5, 5.41) is 1.70. The Morgan fingerprint density at radius 1 is 1.25 bits per heavy atom.